The molecule has 1 aromatic carbocycles. The van der Waals surface area contributed by atoms with E-state index in [4.69, 9.17) is 4.74 Å². The molecule has 3 aromatic heterocycles. The topological polar surface area (TPSA) is 100 Å². The first-order chi connectivity index (χ1) is 16.4. The van der Waals surface area contributed by atoms with E-state index in [-0.39, 0.29) is 5.75 Å². The third kappa shape index (κ3) is 6.39. The summed E-state index contributed by atoms with van der Waals surface area (Å²) in [7, 11) is 0. The highest BCUT2D eigenvalue weighted by Crippen LogP contribution is 2.35. The van der Waals surface area contributed by atoms with Crippen molar-refractivity contribution in [1.29, 1.82) is 0 Å². The van der Waals surface area contributed by atoms with Crippen LogP contribution in [0.3, 0.4) is 0 Å². The standard InChI is InChI=1S/C22H20F3N5O3S/c23-22(24,25)33-15-3-1-14(2-4-15)13-26-10-11-29-21(31)32-20-18(7-12-34-20)30-17-6-9-28-19-16(17)5-8-27-19/h1-9,12,26H,10-11,13H2,(H,29,31)(H2,27,28,30). The summed E-state index contributed by atoms with van der Waals surface area (Å²) in [6.07, 6.45) is -1.83. The number of alkyl halides is 3. The van der Waals surface area contributed by atoms with Crippen LogP contribution in [0.25, 0.3) is 11.0 Å². The fourth-order valence-electron chi connectivity index (χ4n) is 3.10. The molecule has 1 amide bonds. The number of benzene rings is 1. The van der Waals surface area contributed by atoms with Crippen molar-refractivity contribution < 1.29 is 27.4 Å². The first-order valence-corrected chi connectivity index (χ1v) is 11.0. The molecule has 0 aliphatic heterocycles. The van der Waals surface area contributed by atoms with E-state index in [1.54, 1.807) is 12.4 Å². The largest absolute Gasteiger partial charge is 0.573 e. The minimum Gasteiger partial charge on any atom is -0.406 e. The Morgan fingerprint density at radius 2 is 1.88 bits per heavy atom. The van der Waals surface area contributed by atoms with Crippen molar-refractivity contribution in [3.05, 3.63) is 65.8 Å². The van der Waals surface area contributed by atoms with Crippen molar-refractivity contribution in [3.8, 4) is 10.8 Å². The predicted octanol–water partition coefficient (Wildman–Crippen LogP) is 5.14. The molecule has 0 unspecified atom stereocenters. The van der Waals surface area contributed by atoms with Crippen LogP contribution in [-0.2, 0) is 6.54 Å². The summed E-state index contributed by atoms with van der Waals surface area (Å²) in [4.78, 5) is 19.5. The Morgan fingerprint density at radius 3 is 2.68 bits per heavy atom. The monoisotopic (exact) mass is 491 g/mol. The van der Waals surface area contributed by atoms with E-state index in [0.717, 1.165) is 22.3 Å². The Bertz CT molecular complexity index is 1240. The van der Waals surface area contributed by atoms with Crippen molar-refractivity contribution in [2.75, 3.05) is 18.4 Å². The molecule has 12 heteroatoms. The van der Waals surface area contributed by atoms with Crippen molar-refractivity contribution in [2.45, 2.75) is 12.9 Å². The second kappa shape index (κ2) is 10.4. The normalized spacial score (nSPS) is 11.4. The number of thiophene rings is 1. The van der Waals surface area contributed by atoms with E-state index in [1.165, 1.54) is 35.6 Å². The number of rotatable bonds is 9. The van der Waals surface area contributed by atoms with Crippen LogP contribution >= 0.6 is 11.3 Å². The van der Waals surface area contributed by atoms with Gasteiger partial charge in [-0.25, -0.2) is 9.78 Å². The molecule has 4 N–H and O–H groups in total. The minimum atomic E-state index is -4.71. The van der Waals surface area contributed by atoms with Crippen LogP contribution in [-0.4, -0.2) is 35.5 Å². The molecule has 4 aromatic rings. The van der Waals surface area contributed by atoms with Gasteiger partial charge in [-0.05, 0) is 41.3 Å². The molecule has 178 valence electrons. The van der Waals surface area contributed by atoms with Gasteiger partial charge in [-0.3, -0.25) is 0 Å². The van der Waals surface area contributed by atoms with Gasteiger partial charge in [0.05, 0.1) is 11.4 Å². The molecule has 34 heavy (non-hydrogen) atoms. The van der Waals surface area contributed by atoms with Crippen molar-refractivity contribution in [3.63, 3.8) is 0 Å². The second-order valence-electron chi connectivity index (χ2n) is 7.03. The van der Waals surface area contributed by atoms with Crippen LogP contribution in [0.2, 0.25) is 0 Å². The number of H-pyrrole nitrogens is 1. The number of fused-ring (bicyclic) bond motifs is 1. The first kappa shape index (κ1) is 23.4. The Morgan fingerprint density at radius 1 is 1.06 bits per heavy atom. The first-order valence-electron chi connectivity index (χ1n) is 10.1. The van der Waals surface area contributed by atoms with Gasteiger partial charge in [-0.1, -0.05) is 12.1 Å². The van der Waals surface area contributed by atoms with Crippen LogP contribution in [0.5, 0.6) is 10.8 Å². The van der Waals surface area contributed by atoms with E-state index in [0.29, 0.717) is 30.4 Å². The number of nitrogens with zero attached hydrogens (tertiary/aromatic N) is 1. The number of ether oxygens (including phenoxy) is 2. The molecule has 0 aliphatic rings. The van der Waals surface area contributed by atoms with Gasteiger partial charge in [0.15, 0.2) is 0 Å². The van der Waals surface area contributed by atoms with Gasteiger partial charge in [0.1, 0.15) is 11.4 Å². The average molecular weight is 491 g/mol. The third-order valence-corrected chi connectivity index (χ3v) is 5.39. The summed E-state index contributed by atoms with van der Waals surface area (Å²) >= 11 is 1.28. The summed E-state index contributed by atoms with van der Waals surface area (Å²) in [5.74, 6) is -0.274. The smallest absolute Gasteiger partial charge is 0.406 e. The zero-order chi connectivity index (χ0) is 24.0. The van der Waals surface area contributed by atoms with Gasteiger partial charge in [0.2, 0.25) is 5.06 Å². The van der Waals surface area contributed by atoms with Crippen LogP contribution in [0, 0.1) is 0 Å². The molecule has 0 atom stereocenters. The highest BCUT2D eigenvalue weighted by molar-refractivity contribution is 7.12. The lowest BCUT2D eigenvalue weighted by molar-refractivity contribution is -0.274. The van der Waals surface area contributed by atoms with Crippen molar-refractivity contribution >= 4 is 39.8 Å². The maximum Gasteiger partial charge on any atom is 0.573 e. The van der Waals surface area contributed by atoms with Crippen molar-refractivity contribution in [2.24, 2.45) is 0 Å². The van der Waals surface area contributed by atoms with Gasteiger partial charge in [-0.15, -0.1) is 24.5 Å². The summed E-state index contributed by atoms with van der Waals surface area (Å²) in [6.45, 7) is 1.16. The number of halogens is 3. The van der Waals surface area contributed by atoms with E-state index >= 15 is 0 Å². The molecule has 0 spiro atoms. The molecule has 0 bridgehead atoms. The molecule has 8 nitrogen and oxygen atoms in total. The second-order valence-corrected chi connectivity index (χ2v) is 7.91. The summed E-state index contributed by atoms with van der Waals surface area (Å²) in [5.41, 5.74) is 3.01. The number of carbonyl (C=O) groups excluding carboxylic acids is 1. The Balaban J connectivity index is 1.20. The number of anilines is 2. The Labute approximate surface area is 196 Å². The molecule has 0 aliphatic carbocycles. The summed E-state index contributed by atoms with van der Waals surface area (Å²) in [6, 6.07) is 11.1. The lowest BCUT2D eigenvalue weighted by atomic mass is 10.2. The number of pyridine rings is 1. The zero-order valence-electron chi connectivity index (χ0n) is 17.6. The fourth-order valence-corrected chi connectivity index (χ4v) is 3.79. The van der Waals surface area contributed by atoms with E-state index in [2.05, 4.69) is 30.7 Å². The molecule has 3 heterocycles. The number of carbonyl (C=O) groups is 1. The molecule has 0 fully saturated rings. The quantitative estimate of drug-likeness (QED) is 0.242. The molecule has 0 saturated carbocycles. The molecule has 0 radical (unpaired) electrons. The lowest BCUT2D eigenvalue weighted by Gasteiger charge is -2.11. The zero-order valence-corrected chi connectivity index (χ0v) is 18.4. The number of hydrogen-bond acceptors (Lipinski definition) is 7. The molecule has 4 rings (SSSR count). The number of aromatic nitrogens is 2. The summed E-state index contributed by atoms with van der Waals surface area (Å²) in [5, 5.41) is 12.2. The maximum absolute atomic E-state index is 12.2. The van der Waals surface area contributed by atoms with Crippen LogP contribution < -0.4 is 25.4 Å². The average Bonchev–Trinajstić information content (AvgIpc) is 3.44. The third-order valence-electron chi connectivity index (χ3n) is 4.60. The van der Waals surface area contributed by atoms with Crippen LogP contribution in [0.4, 0.5) is 29.3 Å². The SMILES string of the molecule is O=C(NCCNCc1ccc(OC(F)(F)F)cc1)Oc1sccc1Nc1ccnc2[nH]ccc12. The van der Waals surface area contributed by atoms with Crippen LogP contribution in [0.15, 0.2) is 60.2 Å². The van der Waals surface area contributed by atoms with Gasteiger partial charge >= 0.3 is 12.5 Å². The molecule has 0 saturated heterocycles. The highest BCUT2D eigenvalue weighted by atomic mass is 32.1. The van der Waals surface area contributed by atoms with Crippen LogP contribution in [0.1, 0.15) is 5.56 Å². The van der Waals surface area contributed by atoms with Gasteiger partial charge in [-0.2, -0.15) is 0 Å². The summed E-state index contributed by atoms with van der Waals surface area (Å²) < 4.78 is 45.8. The fraction of sp³-hybridized carbons (Fsp3) is 0.182. The maximum atomic E-state index is 12.2. The predicted molar refractivity (Wildman–Crippen MR) is 123 cm³/mol. The lowest BCUT2D eigenvalue weighted by Crippen LogP contribution is -2.33. The highest BCUT2D eigenvalue weighted by Gasteiger charge is 2.30. The Hall–Kier alpha value is -3.77. The van der Waals surface area contributed by atoms with E-state index in [1.807, 2.05) is 23.6 Å². The number of nitrogens with one attached hydrogen (secondary N) is 4. The van der Waals surface area contributed by atoms with Gasteiger partial charge in [0, 0.05) is 37.4 Å². The molecular weight excluding hydrogens is 471 g/mol. The number of hydrogen-bond donors (Lipinski definition) is 4. The van der Waals surface area contributed by atoms with E-state index < -0.39 is 12.5 Å². The van der Waals surface area contributed by atoms with E-state index in [9.17, 15) is 18.0 Å². The van der Waals surface area contributed by atoms with Gasteiger partial charge in [0.25, 0.3) is 0 Å². The van der Waals surface area contributed by atoms with Crippen molar-refractivity contribution in [1.82, 2.24) is 20.6 Å². The van der Waals surface area contributed by atoms with Gasteiger partial charge < -0.3 is 30.4 Å². The Kier molecular flexibility index (Phi) is 7.18. The molecular formula is C22H20F3N5O3S. The number of amides is 1. The minimum absolute atomic E-state index is 0.274. The number of aromatic amines is 1.